The first-order valence-corrected chi connectivity index (χ1v) is 9.86. The average Bonchev–Trinajstić information content (AvgIpc) is 3.15. The summed E-state index contributed by atoms with van der Waals surface area (Å²) in [5.74, 6) is 0.809. The minimum Gasteiger partial charge on any atom is -0.303 e. The van der Waals surface area contributed by atoms with Crippen LogP contribution in [0.4, 0.5) is 0 Å². The van der Waals surface area contributed by atoms with Crippen LogP contribution < -0.4 is 0 Å². The molecule has 0 aromatic carbocycles. The second-order valence-corrected chi connectivity index (χ2v) is 8.57. The molecule has 3 rings (SSSR count). The average molecular weight is 334 g/mol. The normalized spacial score (nSPS) is 24.5. The summed E-state index contributed by atoms with van der Waals surface area (Å²) in [7, 11) is 0. The fourth-order valence-electron chi connectivity index (χ4n) is 4.15. The maximum atomic E-state index is 4.46. The summed E-state index contributed by atoms with van der Waals surface area (Å²) in [5.41, 5.74) is 1.44. The van der Waals surface area contributed by atoms with Crippen molar-refractivity contribution in [3.8, 4) is 0 Å². The van der Waals surface area contributed by atoms with E-state index in [0.717, 1.165) is 18.2 Å². The summed E-state index contributed by atoms with van der Waals surface area (Å²) >= 11 is 0. The summed E-state index contributed by atoms with van der Waals surface area (Å²) in [5, 5.41) is 8.91. The first-order chi connectivity index (χ1) is 11.5. The van der Waals surface area contributed by atoms with Crippen molar-refractivity contribution in [3.63, 3.8) is 0 Å². The van der Waals surface area contributed by atoms with Crippen LogP contribution in [0.3, 0.4) is 0 Å². The van der Waals surface area contributed by atoms with E-state index in [1.165, 1.54) is 58.3 Å². The van der Waals surface area contributed by atoms with Crippen LogP contribution in [0, 0.1) is 5.92 Å². The van der Waals surface area contributed by atoms with Crippen molar-refractivity contribution in [2.24, 2.45) is 5.92 Å². The third kappa shape index (κ3) is 4.17. The van der Waals surface area contributed by atoms with Gasteiger partial charge in [-0.25, -0.2) is 4.68 Å². The molecule has 1 aromatic heterocycles. The molecule has 24 heavy (non-hydrogen) atoms. The van der Waals surface area contributed by atoms with Crippen molar-refractivity contribution < 1.29 is 0 Å². The van der Waals surface area contributed by atoms with Gasteiger partial charge in [0.15, 0.2) is 0 Å². The Morgan fingerprint density at radius 3 is 2.62 bits per heavy atom. The zero-order chi connectivity index (χ0) is 17.2. The van der Waals surface area contributed by atoms with E-state index in [1.807, 2.05) is 0 Å². The molecule has 0 spiro atoms. The molecule has 1 atom stereocenters. The van der Waals surface area contributed by atoms with Crippen LogP contribution in [-0.2, 0) is 6.54 Å². The first-order valence-electron chi connectivity index (χ1n) is 9.86. The maximum Gasteiger partial charge on any atom is 0.0967 e. The summed E-state index contributed by atoms with van der Waals surface area (Å²) in [4.78, 5) is 5.17. The number of hydrogen-bond donors (Lipinski definition) is 0. The molecule has 2 aliphatic rings. The minimum atomic E-state index is 0.311. The van der Waals surface area contributed by atoms with E-state index >= 15 is 0 Å². The van der Waals surface area contributed by atoms with Gasteiger partial charge in [0.25, 0.3) is 0 Å². The van der Waals surface area contributed by atoms with Gasteiger partial charge in [-0.2, -0.15) is 0 Å². The maximum absolute atomic E-state index is 4.46. The lowest BCUT2D eigenvalue weighted by Gasteiger charge is -2.33. The highest BCUT2D eigenvalue weighted by molar-refractivity contribution is 4.98. The second kappa shape index (κ2) is 7.52. The smallest absolute Gasteiger partial charge is 0.0967 e. The van der Waals surface area contributed by atoms with E-state index in [9.17, 15) is 0 Å². The highest BCUT2D eigenvalue weighted by Gasteiger charge is 2.32. The highest BCUT2D eigenvalue weighted by Crippen LogP contribution is 2.29. The van der Waals surface area contributed by atoms with Gasteiger partial charge in [-0.05, 0) is 52.0 Å². The second-order valence-electron chi connectivity index (χ2n) is 8.57. The Morgan fingerprint density at radius 2 is 2.00 bits per heavy atom. The van der Waals surface area contributed by atoms with Crippen LogP contribution in [0.1, 0.15) is 71.5 Å². The molecular weight excluding hydrogens is 298 g/mol. The van der Waals surface area contributed by atoms with Gasteiger partial charge in [-0.15, -0.1) is 5.10 Å². The van der Waals surface area contributed by atoms with Gasteiger partial charge in [-0.3, -0.25) is 4.90 Å². The van der Waals surface area contributed by atoms with Crippen LogP contribution >= 0.6 is 0 Å². The highest BCUT2D eigenvalue weighted by atomic mass is 15.4. The molecule has 0 saturated carbocycles. The van der Waals surface area contributed by atoms with E-state index in [0.29, 0.717) is 11.6 Å². The molecule has 2 fully saturated rings. The molecule has 1 aromatic rings. The van der Waals surface area contributed by atoms with Gasteiger partial charge in [0.05, 0.1) is 17.9 Å². The Hall–Kier alpha value is -0.940. The third-order valence-electron chi connectivity index (χ3n) is 6.18. The Morgan fingerprint density at radius 1 is 1.25 bits per heavy atom. The molecule has 0 aliphatic carbocycles. The van der Waals surface area contributed by atoms with Crippen LogP contribution in [-0.4, -0.2) is 56.5 Å². The zero-order valence-corrected chi connectivity index (χ0v) is 16.0. The van der Waals surface area contributed by atoms with Gasteiger partial charge in [-0.1, -0.05) is 25.5 Å². The molecule has 5 nitrogen and oxygen atoms in total. The van der Waals surface area contributed by atoms with Crippen molar-refractivity contribution in [2.45, 2.75) is 77.9 Å². The molecule has 0 radical (unpaired) electrons. The molecule has 3 heterocycles. The van der Waals surface area contributed by atoms with E-state index in [1.54, 1.807) is 0 Å². The lowest BCUT2D eigenvalue weighted by molar-refractivity contribution is 0.158. The van der Waals surface area contributed by atoms with Crippen molar-refractivity contribution in [2.75, 3.05) is 26.2 Å². The summed E-state index contributed by atoms with van der Waals surface area (Å²) in [6.07, 6.45) is 8.47. The Balaban J connectivity index is 1.51. The molecule has 0 bridgehead atoms. The van der Waals surface area contributed by atoms with Crippen LogP contribution in [0.15, 0.2) is 6.20 Å². The molecule has 5 heteroatoms. The lowest BCUT2D eigenvalue weighted by atomic mass is 10.0. The van der Waals surface area contributed by atoms with E-state index < -0.39 is 0 Å². The quantitative estimate of drug-likeness (QED) is 0.800. The molecular formula is C19H35N5. The minimum absolute atomic E-state index is 0.311. The number of likely N-dealkylation sites (tertiary alicyclic amines) is 2. The zero-order valence-electron chi connectivity index (χ0n) is 16.0. The predicted molar refractivity (Wildman–Crippen MR) is 97.9 cm³/mol. The Kier molecular flexibility index (Phi) is 5.60. The summed E-state index contributed by atoms with van der Waals surface area (Å²) in [6.45, 7) is 15.1. The molecule has 0 amide bonds. The fourth-order valence-corrected chi connectivity index (χ4v) is 4.15. The van der Waals surface area contributed by atoms with Crippen LogP contribution in [0.25, 0.3) is 0 Å². The van der Waals surface area contributed by atoms with Crippen molar-refractivity contribution in [1.29, 1.82) is 0 Å². The van der Waals surface area contributed by atoms with Gasteiger partial charge < -0.3 is 4.90 Å². The van der Waals surface area contributed by atoms with E-state index in [-0.39, 0.29) is 0 Å². The number of rotatable bonds is 6. The Labute approximate surface area is 147 Å². The molecule has 136 valence electrons. The van der Waals surface area contributed by atoms with Crippen molar-refractivity contribution in [1.82, 2.24) is 24.8 Å². The molecule has 2 saturated heterocycles. The Bertz CT molecular complexity index is 516. The topological polar surface area (TPSA) is 37.2 Å². The van der Waals surface area contributed by atoms with E-state index in [4.69, 9.17) is 0 Å². The molecule has 2 aliphatic heterocycles. The fraction of sp³-hybridized carbons (Fsp3) is 0.895. The monoisotopic (exact) mass is 333 g/mol. The number of aromatic nitrogens is 3. The van der Waals surface area contributed by atoms with Crippen LogP contribution in [0.2, 0.25) is 0 Å². The SMILES string of the molecule is CCC(C)CN1CCC(n2cc(CN3CCCC3(C)C)nn2)CC1. The largest absolute Gasteiger partial charge is 0.303 e. The van der Waals surface area contributed by atoms with Crippen LogP contribution in [0.5, 0.6) is 0 Å². The molecule has 1 unspecified atom stereocenters. The number of piperidine rings is 1. The van der Waals surface area contributed by atoms with Gasteiger partial charge in [0.1, 0.15) is 0 Å². The number of hydrogen-bond acceptors (Lipinski definition) is 4. The van der Waals surface area contributed by atoms with Gasteiger partial charge in [0.2, 0.25) is 0 Å². The van der Waals surface area contributed by atoms with Crippen molar-refractivity contribution >= 4 is 0 Å². The predicted octanol–water partition coefficient (Wildman–Crippen LogP) is 3.34. The van der Waals surface area contributed by atoms with E-state index in [2.05, 4.69) is 58.7 Å². The first kappa shape index (κ1) is 17.9. The van der Waals surface area contributed by atoms with Gasteiger partial charge in [0, 0.05) is 31.7 Å². The number of nitrogens with zero attached hydrogens (tertiary/aromatic N) is 5. The van der Waals surface area contributed by atoms with Crippen molar-refractivity contribution in [3.05, 3.63) is 11.9 Å². The lowest BCUT2D eigenvalue weighted by Crippen LogP contribution is -2.37. The summed E-state index contributed by atoms with van der Waals surface area (Å²) < 4.78 is 2.14. The molecule has 0 N–H and O–H groups in total. The summed E-state index contributed by atoms with van der Waals surface area (Å²) in [6, 6.07) is 0.533. The van der Waals surface area contributed by atoms with Gasteiger partial charge >= 0.3 is 0 Å². The standard InChI is InChI=1S/C19H35N5/c1-5-16(2)13-22-11-7-18(8-12-22)24-15-17(20-21-24)14-23-10-6-9-19(23,3)4/h15-16,18H,5-14H2,1-4H3. The third-order valence-corrected chi connectivity index (χ3v) is 6.18.